The summed E-state index contributed by atoms with van der Waals surface area (Å²) in [6.45, 7) is 43.3. The number of hydrogen-bond acceptors (Lipinski definition) is 6. The maximum Gasteiger partial charge on any atom is 0.379 e. The zero-order chi connectivity index (χ0) is 32.8. The molecule has 0 saturated carbocycles. The molecule has 0 aliphatic heterocycles. The van der Waals surface area contributed by atoms with Crippen LogP contribution in [0.5, 0.6) is 17.2 Å². The smallest absolute Gasteiger partial charge is 0.379 e. The van der Waals surface area contributed by atoms with Crippen molar-refractivity contribution >= 4 is 39.2 Å². The highest BCUT2D eigenvalue weighted by atomic mass is 28.4. The van der Waals surface area contributed by atoms with E-state index in [-0.39, 0.29) is 25.7 Å². The van der Waals surface area contributed by atoms with Crippen molar-refractivity contribution in [1.29, 1.82) is 0 Å². The van der Waals surface area contributed by atoms with Crippen molar-refractivity contribution in [2.45, 2.75) is 156 Å². The van der Waals surface area contributed by atoms with E-state index in [0.29, 0.717) is 17.2 Å². The number of carbonyl (C=O) groups excluding carboxylic acids is 1. The molecule has 0 heterocycles. The quantitative estimate of drug-likeness (QED) is 0.152. The molecule has 0 fully saturated rings. The van der Waals surface area contributed by atoms with Gasteiger partial charge in [0.05, 0.1) is 0 Å². The summed E-state index contributed by atoms with van der Waals surface area (Å²) in [5.41, 5.74) is 0.265. The van der Waals surface area contributed by atoms with E-state index in [1.165, 1.54) is 0 Å². The van der Waals surface area contributed by atoms with Gasteiger partial charge in [0, 0.05) is 12.1 Å². The minimum absolute atomic E-state index is 0.0114. The molecule has 0 atom stereocenters. The summed E-state index contributed by atoms with van der Waals surface area (Å²) in [5.74, 6) is 0.924. The SMILES string of the molecule is CC(C)(C)[Si](C)(C)OOC(=O)c1c(O[Si](C)(C)C(C)(C)C)cc(O[Si](C)(C)C(C)(C)C)cc1O[Si](C)(C)C(C)(C)C. The molecule has 0 bridgehead atoms. The first kappa shape index (κ1) is 37.9. The number of carbonyl (C=O) groups is 1. The molecule has 0 aliphatic carbocycles. The molecule has 1 aromatic carbocycles. The van der Waals surface area contributed by atoms with E-state index in [1.54, 1.807) is 0 Å². The van der Waals surface area contributed by atoms with E-state index in [0.717, 1.165) is 0 Å². The van der Waals surface area contributed by atoms with Crippen molar-refractivity contribution in [3.8, 4) is 17.2 Å². The standard InChI is InChI=1S/C31H62O6Si4/c1-28(2,3)38(13,14)34-23-21-24(35-39(15,16)29(4,5)6)26(25(22-23)36-40(17,18)30(7,8)9)27(32)33-37-41(19,20)31(10,11)12/h21-22H,1-20H3. The van der Waals surface area contributed by atoms with Crippen LogP contribution in [0.2, 0.25) is 72.5 Å². The van der Waals surface area contributed by atoms with Crippen LogP contribution in [0.3, 0.4) is 0 Å². The summed E-state index contributed by atoms with van der Waals surface area (Å²) < 4.78 is 26.4. The van der Waals surface area contributed by atoms with Crippen molar-refractivity contribution < 1.29 is 27.5 Å². The van der Waals surface area contributed by atoms with Gasteiger partial charge in [-0.3, -0.25) is 0 Å². The van der Waals surface area contributed by atoms with E-state index in [2.05, 4.69) is 135 Å². The zero-order valence-corrected chi connectivity index (χ0v) is 34.1. The predicted molar refractivity (Wildman–Crippen MR) is 184 cm³/mol. The van der Waals surface area contributed by atoms with Gasteiger partial charge < -0.3 is 18.2 Å². The monoisotopic (exact) mass is 642 g/mol. The first-order valence-corrected chi connectivity index (χ1v) is 26.5. The molecule has 0 amide bonds. The molecular formula is C31H62O6Si4. The summed E-state index contributed by atoms with van der Waals surface area (Å²) in [4.78, 5) is 19.7. The fraction of sp³-hybridized carbons (Fsp3) is 0.774. The van der Waals surface area contributed by atoms with Crippen molar-refractivity contribution in [1.82, 2.24) is 0 Å². The van der Waals surface area contributed by atoms with Crippen molar-refractivity contribution in [2.75, 3.05) is 0 Å². The molecule has 0 aliphatic rings. The molecule has 0 spiro atoms. The van der Waals surface area contributed by atoms with Gasteiger partial charge in [0.25, 0.3) is 25.0 Å². The summed E-state index contributed by atoms with van der Waals surface area (Å²) in [5, 5.41) is -0.331. The van der Waals surface area contributed by atoms with Gasteiger partial charge in [0.2, 0.25) is 8.32 Å². The molecule has 0 saturated heterocycles. The largest absolute Gasteiger partial charge is 0.543 e. The Morgan fingerprint density at radius 3 is 1.10 bits per heavy atom. The Hall–Kier alpha value is -1.08. The van der Waals surface area contributed by atoms with Crippen LogP contribution in [0.1, 0.15) is 93.4 Å². The van der Waals surface area contributed by atoms with Crippen LogP contribution >= 0.6 is 0 Å². The average Bonchev–Trinajstić information content (AvgIpc) is 2.67. The van der Waals surface area contributed by atoms with E-state index in [4.69, 9.17) is 22.7 Å². The van der Waals surface area contributed by atoms with Crippen LogP contribution in [0.15, 0.2) is 12.1 Å². The second-order valence-electron chi connectivity index (χ2n) is 17.6. The highest BCUT2D eigenvalue weighted by molar-refractivity contribution is 6.76. The lowest BCUT2D eigenvalue weighted by molar-refractivity contribution is -0.163. The lowest BCUT2D eigenvalue weighted by atomic mass is 10.1. The van der Waals surface area contributed by atoms with Gasteiger partial charge >= 0.3 is 5.97 Å². The lowest BCUT2D eigenvalue weighted by Crippen LogP contribution is -2.46. The molecule has 0 aromatic heterocycles. The van der Waals surface area contributed by atoms with Crippen LogP contribution in [0.25, 0.3) is 0 Å². The van der Waals surface area contributed by atoms with Crippen LogP contribution in [0, 0.1) is 0 Å². The van der Waals surface area contributed by atoms with Crippen LogP contribution in [-0.4, -0.2) is 39.2 Å². The van der Waals surface area contributed by atoms with Crippen LogP contribution in [0.4, 0.5) is 0 Å². The van der Waals surface area contributed by atoms with Crippen molar-refractivity contribution in [2.24, 2.45) is 0 Å². The Balaban J connectivity index is 3.99. The van der Waals surface area contributed by atoms with Gasteiger partial charge in [-0.15, -0.1) is 0 Å². The van der Waals surface area contributed by atoms with Crippen LogP contribution < -0.4 is 13.3 Å². The Labute approximate surface area is 256 Å². The third-order valence-corrected chi connectivity index (χ3v) is 27.1. The number of hydrogen-bond donors (Lipinski definition) is 0. The number of benzene rings is 1. The van der Waals surface area contributed by atoms with Crippen molar-refractivity contribution in [3.63, 3.8) is 0 Å². The fourth-order valence-electron chi connectivity index (χ4n) is 2.60. The lowest BCUT2D eigenvalue weighted by Gasteiger charge is -2.40. The summed E-state index contributed by atoms with van der Waals surface area (Å²) in [6.07, 6.45) is 0. The van der Waals surface area contributed by atoms with Gasteiger partial charge in [-0.1, -0.05) is 83.1 Å². The Bertz CT molecular complexity index is 1030. The molecule has 0 radical (unpaired) electrons. The third-order valence-electron chi connectivity index (χ3n) is 9.90. The zero-order valence-electron chi connectivity index (χ0n) is 30.1. The molecular weight excluding hydrogens is 581 g/mol. The summed E-state index contributed by atoms with van der Waals surface area (Å²) in [7, 11) is -9.34. The maximum absolute atomic E-state index is 14.0. The second kappa shape index (κ2) is 11.8. The average molecular weight is 643 g/mol. The Morgan fingerprint density at radius 2 is 0.805 bits per heavy atom. The minimum Gasteiger partial charge on any atom is -0.543 e. The molecule has 1 aromatic rings. The normalized spacial score (nSPS) is 14.5. The van der Waals surface area contributed by atoms with Gasteiger partial charge in [0.15, 0.2) is 0 Å². The van der Waals surface area contributed by atoms with Crippen molar-refractivity contribution in [3.05, 3.63) is 17.7 Å². The topological polar surface area (TPSA) is 63.2 Å². The molecule has 1 rings (SSSR count). The van der Waals surface area contributed by atoms with Gasteiger partial charge in [0.1, 0.15) is 22.8 Å². The molecule has 10 heteroatoms. The first-order valence-electron chi connectivity index (χ1n) is 14.9. The highest BCUT2D eigenvalue weighted by Crippen LogP contribution is 2.47. The van der Waals surface area contributed by atoms with Gasteiger partial charge in [-0.05, 0) is 72.5 Å². The predicted octanol–water partition coefficient (Wildman–Crippen LogP) is 10.9. The molecule has 41 heavy (non-hydrogen) atoms. The van der Waals surface area contributed by atoms with E-state index in [1.807, 2.05) is 12.1 Å². The van der Waals surface area contributed by atoms with E-state index >= 15 is 0 Å². The molecule has 0 N–H and O–H groups in total. The summed E-state index contributed by atoms with van der Waals surface area (Å²) in [6, 6.07) is 3.73. The second-order valence-corrected chi connectivity index (χ2v) is 36.5. The summed E-state index contributed by atoms with van der Waals surface area (Å²) >= 11 is 0. The third kappa shape index (κ3) is 9.20. The van der Waals surface area contributed by atoms with Crippen LogP contribution in [-0.2, 0) is 9.46 Å². The van der Waals surface area contributed by atoms with Gasteiger partial charge in [-0.25, -0.2) is 9.37 Å². The maximum atomic E-state index is 14.0. The molecule has 0 unspecified atom stereocenters. The Morgan fingerprint density at radius 1 is 0.512 bits per heavy atom. The van der Waals surface area contributed by atoms with E-state index < -0.39 is 39.2 Å². The first-order chi connectivity index (χ1) is 17.8. The molecule has 6 nitrogen and oxygen atoms in total. The fourth-order valence-corrected chi connectivity index (χ4v) is 6.18. The Kier molecular flexibility index (Phi) is 10.9. The van der Waals surface area contributed by atoms with Gasteiger partial charge in [-0.2, -0.15) is 0 Å². The minimum atomic E-state index is -2.38. The highest BCUT2D eigenvalue weighted by Gasteiger charge is 2.45. The molecule has 238 valence electrons. The number of rotatable bonds is 9. The van der Waals surface area contributed by atoms with E-state index in [9.17, 15) is 4.79 Å².